The van der Waals surface area contributed by atoms with Gasteiger partial charge in [0.05, 0.1) is 12.2 Å². The molecule has 0 aliphatic carbocycles. The van der Waals surface area contributed by atoms with E-state index in [0.29, 0.717) is 43.0 Å². The molecule has 1 saturated heterocycles. The molecule has 1 fully saturated rings. The van der Waals surface area contributed by atoms with Gasteiger partial charge in [0.1, 0.15) is 11.6 Å². The van der Waals surface area contributed by atoms with E-state index >= 15 is 0 Å². The second kappa shape index (κ2) is 9.42. The summed E-state index contributed by atoms with van der Waals surface area (Å²) in [5.41, 5.74) is 0.714. The lowest BCUT2D eigenvalue weighted by molar-refractivity contribution is -0.127. The molecular weight excluding hydrogens is 413 g/mol. The molecule has 0 radical (unpaired) electrons. The summed E-state index contributed by atoms with van der Waals surface area (Å²) in [6.07, 6.45) is 2.76. The zero-order valence-corrected chi connectivity index (χ0v) is 17.2. The highest BCUT2D eigenvalue weighted by Gasteiger charge is 2.29. The van der Waals surface area contributed by atoms with Crippen LogP contribution in [-0.2, 0) is 4.79 Å². The number of piperidine rings is 1. The Bertz CT molecular complexity index is 1120. The van der Waals surface area contributed by atoms with E-state index in [9.17, 15) is 18.8 Å². The average molecular weight is 435 g/mol. The number of Topliss-reactive ketones (excluding diaryl/α,β-unsaturated/α-hetero) is 1. The van der Waals surface area contributed by atoms with Crippen LogP contribution in [-0.4, -0.2) is 45.5 Å². The fourth-order valence-electron chi connectivity index (χ4n) is 3.72. The van der Waals surface area contributed by atoms with Crippen molar-refractivity contribution in [2.45, 2.75) is 18.9 Å². The molecule has 4 rings (SSSR count). The highest BCUT2D eigenvalue weighted by molar-refractivity contribution is 6.42. The number of carbonyl (C=O) groups excluding carboxylic acids is 3. The van der Waals surface area contributed by atoms with Crippen molar-refractivity contribution < 1.29 is 18.8 Å². The number of urea groups is 1. The number of ketones is 1. The largest absolute Gasteiger partial charge is 0.336 e. The van der Waals surface area contributed by atoms with Crippen molar-refractivity contribution in [3.05, 3.63) is 78.2 Å². The van der Waals surface area contributed by atoms with Gasteiger partial charge in [-0.05, 0) is 31.0 Å². The minimum Gasteiger partial charge on any atom is -0.336 e. The average Bonchev–Trinajstić information content (AvgIpc) is 3.26. The van der Waals surface area contributed by atoms with E-state index < -0.39 is 23.5 Å². The number of hydrogen-bond acceptors (Lipinski definition) is 4. The minimum atomic E-state index is -0.515. The van der Waals surface area contributed by atoms with Gasteiger partial charge in [-0.1, -0.05) is 36.4 Å². The van der Waals surface area contributed by atoms with Crippen molar-refractivity contribution in [3.8, 4) is 0 Å². The van der Waals surface area contributed by atoms with Crippen LogP contribution in [0.15, 0.2) is 66.9 Å². The first kappa shape index (κ1) is 21.2. The summed E-state index contributed by atoms with van der Waals surface area (Å²) in [6.45, 7) is 0.827. The van der Waals surface area contributed by atoms with Gasteiger partial charge in [-0.2, -0.15) is 5.10 Å². The van der Waals surface area contributed by atoms with E-state index in [2.05, 4.69) is 15.7 Å². The Morgan fingerprint density at radius 2 is 1.69 bits per heavy atom. The molecule has 1 aromatic heterocycles. The van der Waals surface area contributed by atoms with E-state index in [1.165, 1.54) is 18.2 Å². The molecule has 3 aromatic rings. The number of rotatable bonds is 5. The van der Waals surface area contributed by atoms with Crippen LogP contribution < -0.4 is 10.6 Å². The van der Waals surface area contributed by atoms with E-state index in [4.69, 9.17) is 0 Å². The maximum atomic E-state index is 13.3. The molecule has 164 valence electrons. The lowest BCUT2D eigenvalue weighted by Gasteiger charge is -2.32. The predicted molar refractivity (Wildman–Crippen MR) is 117 cm³/mol. The van der Waals surface area contributed by atoms with Gasteiger partial charge >= 0.3 is 6.03 Å². The molecule has 32 heavy (non-hydrogen) atoms. The molecule has 2 N–H and O–H groups in total. The van der Waals surface area contributed by atoms with E-state index in [-0.39, 0.29) is 6.04 Å². The summed E-state index contributed by atoms with van der Waals surface area (Å²) in [5.74, 6) is -0.980. The van der Waals surface area contributed by atoms with Crippen LogP contribution in [0.25, 0.3) is 0 Å². The summed E-state index contributed by atoms with van der Waals surface area (Å²) >= 11 is 0. The Morgan fingerprint density at radius 1 is 0.938 bits per heavy atom. The third-order valence-corrected chi connectivity index (χ3v) is 5.32. The third kappa shape index (κ3) is 4.83. The number of halogens is 1. The molecule has 9 heteroatoms. The molecule has 0 unspecified atom stereocenters. The Hall–Kier alpha value is -4.01. The number of likely N-dealkylation sites (tertiary alicyclic amines) is 1. The predicted octanol–water partition coefficient (Wildman–Crippen LogP) is 3.71. The number of aromatic nitrogens is 2. The number of nitrogens with one attached hydrogen (secondary N) is 2. The first-order chi connectivity index (χ1) is 15.5. The topological polar surface area (TPSA) is 96.3 Å². The third-order valence-electron chi connectivity index (χ3n) is 5.32. The van der Waals surface area contributed by atoms with Gasteiger partial charge in [0.2, 0.25) is 5.78 Å². The summed E-state index contributed by atoms with van der Waals surface area (Å²) < 4.78 is 15.0. The zero-order valence-electron chi connectivity index (χ0n) is 17.2. The van der Waals surface area contributed by atoms with Gasteiger partial charge in [0.25, 0.3) is 5.91 Å². The van der Waals surface area contributed by atoms with Crippen molar-refractivity contribution >= 4 is 29.2 Å². The van der Waals surface area contributed by atoms with Crippen molar-refractivity contribution in [1.82, 2.24) is 14.7 Å². The number of amides is 3. The Labute approximate surface area is 184 Å². The van der Waals surface area contributed by atoms with Crippen molar-refractivity contribution in [2.75, 3.05) is 23.7 Å². The van der Waals surface area contributed by atoms with Crippen LogP contribution in [0, 0.1) is 5.82 Å². The van der Waals surface area contributed by atoms with E-state index in [1.807, 2.05) is 0 Å². The monoisotopic (exact) mass is 435 g/mol. The van der Waals surface area contributed by atoms with Gasteiger partial charge in [0.15, 0.2) is 0 Å². The van der Waals surface area contributed by atoms with Crippen LogP contribution >= 0.6 is 0 Å². The molecule has 1 aliphatic rings. The van der Waals surface area contributed by atoms with Gasteiger partial charge in [-0.3, -0.25) is 14.9 Å². The first-order valence-corrected chi connectivity index (χ1v) is 10.3. The zero-order chi connectivity index (χ0) is 22.5. The number of carbonyl (C=O) groups is 3. The Kier molecular flexibility index (Phi) is 6.25. The molecular formula is C23H22FN5O3. The number of hydrogen-bond donors (Lipinski definition) is 2. The van der Waals surface area contributed by atoms with Crippen LogP contribution in [0.3, 0.4) is 0 Å². The fourth-order valence-corrected chi connectivity index (χ4v) is 3.72. The van der Waals surface area contributed by atoms with Gasteiger partial charge in [-0.15, -0.1) is 0 Å². The van der Waals surface area contributed by atoms with Crippen molar-refractivity contribution in [2.24, 2.45) is 0 Å². The standard InChI is InChI=1S/C23H22FN5O3/c24-17-7-4-8-18(15-17)26-23(32)27-20-9-12-25-29(20)19-10-13-28(14-11-19)22(31)21(30)16-5-2-1-3-6-16/h1-9,12,15,19H,10-11,13-14H2,(H2,26,27,32). The number of benzene rings is 2. The maximum absolute atomic E-state index is 13.3. The van der Waals surface area contributed by atoms with Gasteiger partial charge in [-0.25, -0.2) is 13.9 Å². The lowest BCUT2D eigenvalue weighted by Crippen LogP contribution is -2.42. The van der Waals surface area contributed by atoms with Crippen molar-refractivity contribution in [3.63, 3.8) is 0 Å². The normalized spacial score (nSPS) is 14.1. The van der Waals surface area contributed by atoms with E-state index in [1.54, 1.807) is 58.2 Å². The fraction of sp³-hybridized carbons (Fsp3) is 0.217. The lowest BCUT2D eigenvalue weighted by atomic mass is 10.0. The van der Waals surface area contributed by atoms with Crippen LogP contribution in [0.4, 0.5) is 20.7 Å². The van der Waals surface area contributed by atoms with Crippen LogP contribution in [0.1, 0.15) is 29.2 Å². The van der Waals surface area contributed by atoms with E-state index in [0.717, 1.165) is 0 Å². The van der Waals surface area contributed by atoms with Crippen LogP contribution in [0.2, 0.25) is 0 Å². The second-order valence-corrected chi connectivity index (χ2v) is 7.47. The summed E-state index contributed by atoms with van der Waals surface area (Å²) in [7, 11) is 0. The second-order valence-electron chi connectivity index (χ2n) is 7.47. The molecule has 0 saturated carbocycles. The number of nitrogens with zero attached hydrogens (tertiary/aromatic N) is 3. The molecule has 2 aromatic carbocycles. The minimum absolute atomic E-state index is 0.0367. The van der Waals surface area contributed by atoms with Gasteiger partial charge in [0, 0.05) is 30.4 Å². The molecule has 0 spiro atoms. The molecule has 2 heterocycles. The highest BCUT2D eigenvalue weighted by atomic mass is 19.1. The quantitative estimate of drug-likeness (QED) is 0.472. The van der Waals surface area contributed by atoms with Crippen LogP contribution in [0.5, 0.6) is 0 Å². The molecule has 8 nitrogen and oxygen atoms in total. The summed E-state index contributed by atoms with van der Waals surface area (Å²) in [6, 6.07) is 15.2. The number of anilines is 2. The Balaban J connectivity index is 1.34. The molecule has 0 atom stereocenters. The summed E-state index contributed by atoms with van der Waals surface area (Å²) in [4.78, 5) is 38.8. The highest BCUT2D eigenvalue weighted by Crippen LogP contribution is 2.26. The molecule has 0 bridgehead atoms. The molecule has 3 amide bonds. The maximum Gasteiger partial charge on any atom is 0.324 e. The SMILES string of the molecule is O=C(Nc1cccc(F)c1)Nc1ccnn1C1CCN(C(=O)C(=O)c2ccccc2)CC1. The summed E-state index contributed by atoms with van der Waals surface area (Å²) in [5, 5.41) is 9.61. The smallest absolute Gasteiger partial charge is 0.324 e. The Morgan fingerprint density at radius 3 is 2.41 bits per heavy atom. The molecule has 1 aliphatic heterocycles. The first-order valence-electron chi connectivity index (χ1n) is 10.3. The van der Waals surface area contributed by atoms with Gasteiger partial charge < -0.3 is 10.2 Å². The van der Waals surface area contributed by atoms with Crippen molar-refractivity contribution in [1.29, 1.82) is 0 Å².